The zero-order valence-electron chi connectivity index (χ0n) is 13.1. The Bertz CT molecular complexity index is 476. The molecule has 2 unspecified atom stereocenters. The first-order chi connectivity index (χ1) is 10.1. The Hall–Kier alpha value is -1.04. The molecule has 1 aromatic carbocycles. The molecule has 0 saturated carbocycles. The Morgan fingerprint density at radius 1 is 1.38 bits per heavy atom. The van der Waals surface area contributed by atoms with E-state index in [4.69, 9.17) is 4.74 Å². The van der Waals surface area contributed by atoms with E-state index in [9.17, 15) is 4.79 Å². The Kier molecular flexibility index (Phi) is 5.67. The fourth-order valence-corrected chi connectivity index (χ4v) is 3.13. The zero-order chi connectivity index (χ0) is 15.4. The number of carbonyl (C=O) groups is 1. The molecule has 1 aliphatic heterocycles. The Labute approximate surface area is 131 Å². The van der Waals surface area contributed by atoms with Gasteiger partial charge in [-0.25, -0.2) is 0 Å². The lowest BCUT2D eigenvalue weighted by Crippen LogP contribution is -2.45. The van der Waals surface area contributed by atoms with Crippen molar-refractivity contribution in [2.24, 2.45) is 5.92 Å². The first kappa shape index (κ1) is 16.3. The molecule has 2 atom stereocenters. The molecule has 0 radical (unpaired) electrons. The highest BCUT2D eigenvalue weighted by atomic mass is 32.2. The molecule has 1 fully saturated rings. The Morgan fingerprint density at radius 3 is 2.57 bits per heavy atom. The van der Waals surface area contributed by atoms with E-state index in [1.165, 1.54) is 4.90 Å². The van der Waals surface area contributed by atoms with Crippen LogP contribution in [0.5, 0.6) is 0 Å². The first-order valence-electron chi connectivity index (χ1n) is 7.26. The highest BCUT2D eigenvalue weighted by molar-refractivity contribution is 7.98. The summed E-state index contributed by atoms with van der Waals surface area (Å²) in [5.41, 5.74) is 1.13. The predicted molar refractivity (Wildman–Crippen MR) is 86.3 cm³/mol. The third kappa shape index (κ3) is 3.59. The smallest absolute Gasteiger partial charge is 0.238 e. The molecule has 21 heavy (non-hydrogen) atoms. The molecule has 1 aliphatic rings. The molecule has 1 amide bonds. The van der Waals surface area contributed by atoms with Crippen molar-refractivity contribution in [3.8, 4) is 0 Å². The second kappa shape index (κ2) is 7.29. The number of nitrogens with one attached hydrogen (secondary N) is 1. The molecule has 1 aromatic rings. The number of hydrogen-bond donors (Lipinski definition) is 1. The van der Waals surface area contributed by atoms with Crippen molar-refractivity contribution in [1.29, 1.82) is 0 Å². The summed E-state index contributed by atoms with van der Waals surface area (Å²) < 4.78 is 5.32. The second-order valence-corrected chi connectivity index (χ2v) is 6.50. The van der Waals surface area contributed by atoms with E-state index in [0.717, 1.165) is 5.56 Å². The predicted octanol–water partition coefficient (Wildman–Crippen LogP) is 2.51. The van der Waals surface area contributed by atoms with E-state index in [2.05, 4.69) is 49.7 Å². The number of carbonyl (C=O) groups excluding carboxylic acids is 1. The Balaban J connectivity index is 2.25. The highest BCUT2D eigenvalue weighted by Crippen LogP contribution is 2.29. The molecule has 1 saturated heterocycles. The minimum absolute atomic E-state index is 0.0593. The summed E-state index contributed by atoms with van der Waals surface area (Å²) in [6.07, 6.45) is 2.00. The number of benzene rings is 1. The van der Waals surface area contributed by atoms with Crippen molar-refractivity contribution < 1.29 is 9.53 Å². The number of ether oxygens (including phenoxy) is 1. The van der Waals surface area contributed by atoms with Gasteiger partial charge in [-0.15, -0.1) is 11.8 Å². The average Bonchev–Trinajstić information content (AvgIpc) is 2.86. The maximum Gasteiger partial charge on any atom is 0.238 e. The van der Waals surface area contributed by atoms with Crippen LogP contribution < -0.4 is 5.32 Å². The minimum atomic E-state index is -0.0593. The highest BCUT2D eigenvalue weighted by Gasteiger charge is 2.37. The van der Waals surface area contributed by atoms with Crippen LogP contribution in [-0.2, 0) is 9.53 Å². The van der Waals surface area contributed by atoms with Crippen molar-refractivity contribution in [1.82, 2.24) is 10.2 Å². The van der Waals surface area contributed by atoms with Crippen LogP contribution in [0.1, 0.15) is 25.6 Å². The van der Waals surface area contributed by atoms with Crippen LogP contribution >= 0.6 is 11.8 Å². The quantitative estimate of drug-likeness (QED) is 0.820. The van der Waals surface area contributed by atoms with E-state index in [-0.39, 0.29) is 18.1 Å². The normalized spacial score (nSPS) is 20.3. The molecular weight excluding hydrogens is 284 g/mol. The van der Waals surface area contributed by atoms with Crippen LogP contribution in [0.25, 0.3) is 0 Å². The fraction of sp³-hybridized carbons (Fsp3) is 0.562. The summed E-state index contributed by atoms with van der Waals surface area (Å²) in [6, 6.07) is 8.48. The number of rotatable bonds is 6. The van der Waals surface area contributed by atoms with Crippen molar-refractivity contribution in [3.63, 3.8) is 0 Å². The molecule has 1 heterocycles. The number of methoxy groups -OCH3 is 1. The van der Waals surface area contributed by atoms with Crippen molar-refractivity contribution in [3.05, 3.63) is 29.8 Å². The van der Waals surface area contributed by atoms with Gasteiger partial charge in [0.15, 0.2) is 0 Å². The van der Waals surface area contributed by atoms with Crippen molar-refractivity contribution >= 4 is 17.7 Å². The van der Waals surface area contributed by atoms with E-state index in [1.54, 1.807) is 18.9 Å². The van der Waals surface area contributed by atoms with Crippen LogP contribution in [0, 0.1) is 5.92 Å². The second-order valence-electron chi connectivity index (χ2n) is 5.62. The standard InChI is InChI=1S/C16H24N2O2S/c1-11(2)14(10-20-3)18-15(19)9-17-16(18)12-5-7-13(21-4)8-6-12/h5-8,11,14,16-17H,9-10H2,1-4H3. The minimum Gasteiger partial charge on any atom is -0.383 e. The molecule has 0 aromatic heterocycles. The Morgan fingerprint density at radius 2 is 2.05 bits per heavy atom. The number of nitrogens with zero attached hydrogens (tertiary/aromatic N) is 1. The lowest BCUT2D eigenvalue weighted by atomic mass is 10.0. The van der Waals surface area contributed by atoms with Gasteiger partial charge >= 0.3 is 0 Å². The monoisotopic (exact) mass is 308 g/mol. The van der Waals surface area contributed by atoms with Gasteiger partial charge in [-0.3, -0.25) is 10.1 Å². The summed E-state index contributed by atoms with van der Waals surface area (Å²) in [5, 5.41) is 3.32. The van der Waals surface area contributed by atoms with Gasteiger partial charge in [0.1, 0.15) is 6.17 Å². The lowest BCUT2D eigenvalue weighted by Gasteiger charge is -2.35. The summed E-state index contributed by atoms with van der Waals surface area (Å²) in [7, 11) is 1.69. The largest absolute Gasteiger partial charge is 0.383 e. The van der Waals surface area contributed by atoms with Gasteiger partial charge in [0.25, 0.3) is 0 Å². The van der Waals surface area contributed by atoms with Crippen LogP contribution in [-0.4, -0.2) is 43.4 Å². The lowest BCUT2D eigenvalue weighted by molar-refractivity contribution is -0.132. The summed E-state index contributed by atoms with van der Waals surface area (Å²) in [5.74, 6) is 0.492. The number of amides is 1. The SMILES string of the molecule is COCC(C(C)C)N1C(=O)CNC1c1ccc(SC)cc1. The maximum absolute atomic E-state index is 12.3. The molecule has 116 valence electrons. The molecule has 4 nitrogen and oxygen atoms in total. The van der Waals surface area contributed by atoms with Crippen molar-refractivity contribution in [2.75, 3.05) is 26.5 Å². The van der Waals surface area contributed by atoms with Crippen LogP contribution in [0.15, 0.2) is 29.2 Å². The van der Waals surface area contributed by atoms with Crippen LogP contribution in [0.4, 0.5) is 0 Å². The van der Waals surface area contributed by atoms with Crippen LogP contribution in [0.3, 0.4) is 0 Å². The van der Waals surface area contributed by atoms with E-state index in [1.807, 2.05) is 4.90 Å². The third-order valence-electron chi connectivity index (χ3n) is 3.91. The zero-order valence-corrected chi connectivity index (χ0v) is 13.9. The molecule has 1 N–H and O–H groups in total. The van der Waals surface area contributed by atoms with E-state index in [0.29, 0.717) is 19.1 Å². The van der Waals surface area contributed by atoms with Gasteiger partial charge in [0.05, 0.1) is 19.2 Å². The van der Waals surface area contributed by atoms with Gasteiger partial charge in [0.2, 0.25) is 5.91 Å². The topological polar surface area (TPSA) is 41.6 Å². The number of hydrogen-bond acceptors (Lipinski definition) is 4. The molecule has 0 aliphatic carbocycles. The van der Waals surface area contributed by atoms with Gasteiger partial charge < -0.3 is 9.64 Å². The molecule has 0 bridgehead atoms. The summed E-state index contributed by atoms with van der Waals surface area (Å²) in [4.78, 5) is 15.5. The fourth-order valence-electron chi connectivity index (χ4n) is 2.72. The van der Waals surface area contributed by atoms with Crippen LogP contribution in [0.2, 0.25) is 0 Å². The molecular formula is C16H24N2O2S. The molecule has 5 heteroatoms. The van der Waals surface area contributed by atoms with E-state index < -0.39 is 0 Å². The third-order valence-corrected chi connectivity index (χ3v) is 4.65. The van der Waals surface area contributed by atoms with Gasteiger partial charge in [-0.1, -0.05) is 26.0 Å². The molecule has 2 rings (SSSR count). The van der Waals surface area contributed by atoms with Crippen molar-refractivity contribution in [2.45, 2.75) is 31.0 Å². The number of thioether (sulfide) groups is 1. The first-order valence-corrected chi connectivity index (χ1v) is 8.48. The summed E-state index contributed by atoms with van der Waals surface area (Å²) >= 11 is 1.72. The maximum atomic E-state index is 12.3. The summed E-state index contributed by atoms with van der Waals surface area (Å²) in [6.45, 7) is 5.21. The van der Waals surface area contributed by atoms with Gasteiger partial charge in [-0.2, -0.15) is 0 Å². The van der Waals surface area contributed by atoms with E-state index >= 15 is 0 Å². The van der Waals surface area contributed by atoms with Gasteiger partial charge in [0, 0.05) is 12.0 Å². The molecule has 0 spiro atoms. The van der Waals surface area contributed by atoms with Gasteiger partial charge in [-0.05, 0) is 29.9 Å². The average molecular weight is 308 g/mol.